The first-order chi connectivity index (χ1) is 9.15. The number of anilines is 3. The Kier molecular flexibility index (Phi) is 3.47. The van der Waals surface area contributed by atoms with E-state index in [9.17, 15) is 0 Å². The lowest BCUT2D eigenvalue weighted by molar-refractivity contribution is 1.48. The smallest absolute Gasteiger partial charge is 0.106 e. The molecule has 6 heteroatoms. The molecule has 0 radical (unpaired) electrons. The van der Waals surface area contributed by atoms with Crippen LogP contribution in [-0.4, -0.2) is 4.98 Å². The molecular weight excluding hydrogens is 390 g/mol. The van der Waals surface area contributed by atoms with Gasteiger partial charge in [0.1, 0.15) is 5.52 Å². The normalized spacial score (nSPS) is 10.8. The number of nitrogens with one attached hydrogen (secondary N) is 1. The Morgan fingerprint density at radius 3 is 2.68 bits per heavy atom. The van der Waals surface area contributed by atoms with Gasteiger partial charge in [0, 0.05) is 8.95 Å². The third kappa shape index (κ3) is 2.48. The van der Waals surface area contributed by atoms with Gasteiger partial charge in [0.15, 0.2) is 0 Å². The lowest BCUT2D eigenvalue weighted by Crippen LogP contribution is -1.97. The number of halogens is 2. The Morgan fingerprint density at radius 1 is 1.11 bits per heavy atom. The Bertz CT molecular complexity index is 755. The molecule has 0 amide bonds. The lowest BCUT2D eigenvalue weighted by Gasteiger charge is -2.11. The minimum absolute atomic E-state index is 0.675. The number of nitrogen functional groups attached to an aromatic ring is 1. The van der Waals surface area contributed by atoms with E-state index in [1.165, 1.54) is 0 Å². The minimum atomic E-state index is 0.675. The molecular formula is C13H9Br2N3S. The van der Waals surface area contributed by atoms with E-state index in [-0.39, 0.29) is 0 Å². The number of hydrogen-bond acceptors (Lipinski definition) is 4. The number of benzene rings is 2. The molecule has 3 nitrogen and oxygen atoms in total. The summed E-state index contributed by atoms with van der Waals surface area (Å²) < 4.78 is 3.09. The van der Waals surface area contributed by atoms with Gasteiger partial charge < -0.3 is 11.1 Å². The molecule has 0 bridgehead atoms. The van der Waals surface area contributed by atoms with E-state index in [4.69, 9.17) is 5.73 Å². The standard InChI is InChI=1S/C13H9Br2N3S/c14-7-1-2-9(8(15)5-7)18-10-3-4-11-13(12(10)16)17-6-19-11/h1-6,18H,16H2. The van der Waals surface area contributed by atoms with Crippen LogP contribution in [0.5, 0.6) is 0 Å². The first-order valence-electron chi connectivity index (χ1n) is 5.49. The Balaban J connectivity index is 2.03. The molecule has 0 spiro atoms. The van der Waals surface area contributed by atoms with Gasteiger partial charge in [-0.15, -0.1) is 11.3 Å². The van der Waals surface area contributed by atoms with Crippen molar-refractivity contribution in [3.8, 4) is 0 Å². The fraction of sp³-hybridized carbons (Fsp3) is 0. The number of fused-ring (bicyclic) bond motifs is 1. The number of thiazole rings is 1. The van der Waals surface area contributed by atoms with Gasteiger partial charge in [-0.3, -0.25) is 0 Å². The second-order valence-corrected chi connectivity index (χ2v) is 6.63. The number of aromatic nitrogens is 1. The van der Waals surface area contributed by atoms with Crippen molar-refractivity contribution in [1.82, 2.24) is 4.98 Å². The number of rotatable bonds is 2. The van der Waals surface area contributed by atoms with E-state index >= 15 is 0 Å². The number of nitrogens with zero attached hydrogens (tertiary/aromatic N) is 1. The summed E-state index contributed by atoms with van der Waals surface area (Å²) >= 11 is 8.54. The Morgan fingerprint density at radius 2 is 1.89 bits per heavy atom. The molecule has 0 atom stereocenters. The lowest BCUT2D eigenvalue weighted by atomic mass is 10.2. The highest BCUT2D eigenvalue weighted by Crippen LogP contribution is 2.34. The predicted octanol–water partition coefficient (Wildman–Crippen LogP) is 5.15. The zero-order chi connectivity index (χ0) is 13.4. The Labute approximate surface area is 131 Å². The highest BCUT2D eigenvalue weighted by molar-refractivity contribution is 9.11. The van der Waals surface area contributed by atoms with Crippen molar-refractivity contribution in [3.05, 3.63) is 44.8 Å². The topological polar surface area (TPSA) is 50.9 Å². The fourth-order valence-corrected chi connectivity index (χ4v) is 3.64. The summed E-state index contributed by atoms with van der Waals surface area (Å²) in [4.78, 5) is 4.29. The van der Waals surface area contributed by atoms with Crippen LogP contribution in [0.25, 0.3) is 10.2 Å². The van der Waals surface area contributed by atoms with E-state index in [2.05, 4.69) is 42.2 Å². The monoisotopic (exact) mass is 397 g/mol. The Hall–Kier alpha value is -1.11. The summed E-state index contributed by atoms with van der Waals surface area (Å²) in [6.45, 7) is 0. The molecule has 3 aromatic rings. The van der Waals surface area contributed by atoms with Gasteiger partial charge >= 0.3 is 0 Å². The molecule has 96 valence electrons. The quantitative estimate of drug-likeness (QED) is 0.587. The summed E-state index contributed by atoms with van der Waals surface area (Å²) in [6, 6.07) is 9.95. The predicted molar refractivity (Wildman–Crippen MR) is 89.2 cm³/mol. The zero-order valence-electron chi connectivity index (χ0n) is 9.65. The van der Waals surface area contributed by atoms with Crippen LogP contribution in [0.1, 0.15) is 0 Å². The molecule has 0 unspecified atom stereocenters. The molecule has 0 saturated heterocycles. The molecule has 1 aromatic heterocycles. The van der Waals surface area contributed by atoms with Crippen LogP contribution in [0, 0.1) is 0 Å². The molecule has 3 N–H and O–H groups in total. The maximum atomic E-state index is 6.15. The molecule has 2 aromatic carbocycles. The van der Waals surface area contributed by atoms with Crippen LogP contribution in [-0.2, 0) is 0 Å². The van der Waals surface area contributed by atoms with Gasteiger partial charge in [-0.05, 0) is 46.3 Å². The van der Waals surface area contributed by atoms with Crippen molar-refractivity contribution in [2.75, 3.05) is 11.1 Å². The van der Waals surface area contributed by atoms with Gasteiger partial charge in [0.25, 0.3) is 0 Å². The van der Waals surface area contributed by atoms with Crippen molar-refractivity contribution in [2.24, 2.45) is 0 Å². The van der Waals surface area contributed by atoms with Crippen molar-refractivity contribution < 1.29 is 0 Å². The molecule has 3 rings (SSSR count). The first kappa shape index (κ1) is 12.9. The van der Waals surface area contributed by atoms with Gasteiger partial charge in [-0.2, -0.15) is 0 Å². The SMILES string of the molecule is Nc1c(Nc2ccc(Br)cc2Br)ccc2scnc12. The van der Waals surface area contributed by atoms with E-state index in [1.54, 1.807) is 16.8 Å². The summed E-state index contributed by atoms with van der Waals surface area (Å²) in [7, 11) is 0. The van der Waals surface area contributed by atoms with Crippen LogP contribution >= 0.6 is 43.2 Å². The van der Waals surface area contributed by atoms with Crippen LogP contribution in [0.15, 0.2) is 44.8 Å². The molecule has 19 heavy (non-hydrogen) atoms. The average molecular weight is 399 g/mol. The maximum absolute atomic E-state index is 6.15. The van der Waals surface area contributed by atoms with Crippen molar-refractivity contribution in [3.63, 3.8) is 0 Å². The molecule has 0 aliphatic rings. The van der Waals surface area contributed by atoms with Crippen molar-refractivity contribution in [2.45, 2.75) is 0 Å². The van der Waals surface area contributed by atoms with Crippen LogP contribution < -0.4 is 11.1 Å². The van der Waals surface area contributed by atoms with E-state index in [1.807, 2.05) is 30.3 Å². The van der Waals surface area contributed by atoms with Gasteiger partial charge in [-0.1, -0.05) is 15.9 Å². The third-order valence-electron chi connectivity index (χ3n) is 2.74. The van der Waals surface area contributed by atoms with Crippen LogP contribution in [0.4, 0.5) is 17.1 Å². The van der Waals surface area contributed by atoms with Gasteiger partial charge in [0.05, 0.1) is 27.3 Å². The van der Waals surface area contributed by atoms with E-state index in [0.29, 0.717) is 5.69 Å². The summed E-state index contributed by atoms with van der Waals surface area (Å²) in [5, 5.41) is 3.32. The first-order valence-corrected chi connectivity index (χ1v) is 7.95. The number of nitrogens with two attached hydrogens (primary N) is 1. The third-order valence-corrected chi connectivity index (χ3v) is 4.69. The minimum Gasteiger partial charge on any atom is -0.395 e. The van der Waals surface area contributed by atoms with Crippen molar-refractivity contribution in [1.29, 1.82) is 0 Å². The summed E-state index contributed by atoms with van der Waals surface area (Å²) in [5.74, 6) is 0. The molecule has 0 aliphatic carbocycles. The second kappa shape index (κ2) is 5.11. The van der Waals surface area contributed by atoms with Crippen LogP contribution in [0.2, 0.25) is 0 Å². The molecule has 0 aliphatic heterocycles. The number of hydrogen-bond donors (Lipinski definition) is 2. The van der Waals surface area contributed by atoms with Gasteiger partial charge in [0.2, 0.25) is 0 Å². The summed E-state index contributed by atoms with van der Waals surface area (Å²) in [5.41, 5.74) is 11.3. The maximum Gasteiger partial charge on any atom is 0.106 e. The largest absolute Gasteiger partial charge is 0.395 e. The average Bonchev–Trinajstić information content (AvgIpc) is 2.85. The van der Waals surface area contributed by atoms with Crippen molar-refractivity contribution >= 4 is 70.5 Å². The summed E-state index contributed by atoms with van der Waals surface area (Å²) in [6.07, 6.45) is 0. The van der Waals surface area contributed by atoms with E-state index < -0.39 is 0 Å². The fourth-order valence-electron chi connectivity index (χ4n) is 1.80. The van der Waals surface area contributed by atoms with E-state index in [0.717, 1.165) is 30.5 Å². The highest BCUT2D eigenvalue weighted by atomic mass is 79.9. The molecule has 0 fully saturated rings. The molecule has 0 saturated carbocycles. The highest BCUT2D eigenvalue weighted by Gasteiger charge is 2.08. The zero-order valence-corrected chi connectivity index (χ0v) is 13.6. The van der Waals surface area contributed by atoms with Crippen LogP contribution in [0.3, 0.4) is 0 Å². The van der Waals surface area contributed by atoms with Gasteiger partial charge in [-0.25, -0.2) is 4.98 Å². The molecule has 1 heterocycles. The second-order valence-electron chi connectivity index (χ2n) is 3.98.